The summed E-state index contributed by atoms with van der Waals surface area (Å²) in [7, 11) is 3.91. The van der Waals surface area contributed by atoms with Gasteiger partial charge in [-0.1, -0.05) is 13.8 Å². The van der Waals surface area contributed by atoms with E-state index in [2.05, 4.69) is 41.6 Å². The van der Waals surface area contributed by atoms with E-state index in [9.17, 15) is 4.79 Å². The van der Waals surface area contributed by atoms with Crippen molar-refractivity contribution >= 4 is 17.1 Å². The van der Waals surface area contributed by atoms with Crippen LogP contribution in [0, 0.1) is 5.41 Å². The molecule has 0 bridgehead atoms. The number of hydrogen-bond acceptors (Lipinski definition) is 5. The molecule has 3 heterocycles. The molecule has 154 valence electrons. The summed E-state index contributed by atoms with van der Waals surface area (Å²) >= 11 is 0. The number of aryl methyl sites for hydroxylation is 1. The Hall–Kier alpha value is -2.87. The minimum Gasteiger partial charge on any atom is -0.379 e. The van der Waals surface area contributed by atoms with Crippen molar-refractivity contribution in [1.29, 1.82) is 0 Å². The van der Waals surface area contributed by atoms with Crippen LogP contribution in [0.5, 0.6) is 0 Å². The second-order valence-corrected chi connectivity index (χ2v) is 8.74. The summed E-state index contributed by atoms with van der Waals surface area (Å²) in [6.07, 6.45) is 7.29. The first kappa shape index (κ1) is 19.4. The van der Waals surface area contributed by atoms with Crippen LogP contribution in [0.2, 0.25) is 0 Å². The van der Waals surface area contributed by atoms with Crippen molar-refractivity contribution in [3.8, 4) is 11.3 Å². The van der Waals surface area contributed by atoms with E-state index >= 15 is 0 Å². The SMILES string of the molecule is CNC1(C)CC[C@@H](Nc2c(C(N)=O)cnn3cc(-c4ccnn4C)cc23)C1(C)C. The van der Waals surface area contributed by atoms with E-state index in [4.69, 9.17) is 5.73 Å². The van der Waals surface area contributed by atoms with Crippen LogP contribution in [0.15, 0.2) is 30.7 Å². The molecule has 0 aromatic carbocycles. The Morgan fingerprint density at radius 1 is 1.31 bits per heavy atom. The molecule has 3 aromatic heterocycles. The number of nitrogens with zero attached hydrogens (tertiary/aromatic N) is 4. The van der Waals surface area contributed by atoms with E-state index in [0.29, 0.717) is 5.56 Å². The maximum Gasteiger partial charge on any atom is 0.252 e. The molecule has 1 saturated carbocycles. The Labute approximate surface area is 170 Å². The second kappa shape index (κ2) is 6.59. The zero-order chi connectivity index (χ0) is 21.0. The number of amides is 1. The van der Waals surface area contributed by atoms with Crippen molar-refractivity contribution < 1.29 is 4.79 Å². The lowest BCUT2D eigenvalue weighted by atomic mass is 9.74. The summed E-state index contributed by atoms with van der Waals surface area (Å²) < 4.78 is 3.60. The molecule has 1 fully saturated rings. The topological polar surface area (TPSA) is 102 Å². The molecule has 1 amide bonds. The average molecular weight is 396 g/mol. The largest absolute Gasteiger partial charge is 0.379 e. The van der Waals surface area contributed by atoms with Crippen molar-refractivity contribution in [3.63, 3.8) is 0 Å². The number of hydrogen-bond donors (Lipinski definition) is 3. The predicted octanol–water partition coefficient (Wildman–Crippen LogP) is 2.41. The highest BCUT2D eigenvalue weighted by atomic mass is 16.1. The fourth-order valence-corrected chi connectivity index (χ4v) is 4.57. The first-order valence-electron chi connectivity index (χ1n) is 9.93. The summed E-state index contributed by atoms with van der Waals surface area (Å²) in [6.45, 7) is 6.77. The van der Waals surface area contributed by atoms with Gasteiger partial charge in [0.25, 0.3) is 5.91 Å². The van der Waals surface area contributed by atoms with E-state index in [1.807, 2.05) is 37.1 Å². The summed E-state index contributed by atoms with van der Waals surface area (Å²) in [5.74, 6) is -0.488. The molecule has 3 aromatic rings. The molecule has 0 radical (unpaired) electrons. The summed E-state index contributed by atoms with van der Waals surface area (Å²) in [6, 6.07) is 4.16. The molecular formula is C21H29N7O. The Morgan fingerprint density at radius 2 is 2.07 bits per heavy atom. The van der Waals surface area contributed by atoms with Crippen LogP contribution >= 0.6 is 0 Å². The van der Waals surface area contributed by atoms with Gasteiger partial charge in [-0.2, -0.15) is 10.2 Å². The Kier molecular flexibility index (Phi) is 4.42. The minimum atomic E-state index is -0.488. The van der Waals surface area contributed by atoms with Gasteiger partial charge >= 0.3 is 0 Å². The molecule has 0 saturated heterocycles. The highest BCUT2D eigenvalue weighted by Gasteiger charge is 2.51. The van der Waals surface area contributed by atoms with Crippen molar-refractivity contribution in [3.05, 3.63) is 36.3 Å². The van der Waals surface area contributed by atoms with Crippen molar-refractivity contribution in [2.45, 2.75) is 45.2 Å². The van der Waals surface area contributed by atoms with Gasteiger partial charge in [0.15, 0.2) is 0 Å². The zero-order valence-corrected chi connectivity index (χ0v) is 17.7. The number of rotatable bonds is 5. The van der Waals surface area contributed by atoms with Gasteiger partial charge in [-0.05, 0) is 38.9 Å². The van der Waals surface area contributed by atoms with Gasteiger partial charge in [-0.25, -0.2) is 4.52 Å². The van der Waals surface area contributed by atoms with E-state index < -0.39 is 5.91 Å². The third kappa shape index (κ3) is 2.90. The Morgan fingerprint density at radius 3 is 2.66 bits per heavy atom. The number of primary amides is 1. The van der Waals surface area contributed by atoms with Gasteiger partial charge < -0.3 is 16.4 Å². The fourth-order valence-electron chi connectivity index (χ4n) is 4.57. The molecule has 0 aliphatic heterocycles. The lowest BCUT2D eigenvalue weighted by molar-refractivity contribution is 0.100. The zero-order valence-electron chi connectivity index (χ0n) is 17.7. The molecule has 4 N–H and O–H groups in total. The predicted molar refractivity (Wildman–Crippen MR) is 114 cm³/mol. The molecule has 29 heavy (non-hydrogen) atoms. The van der Waals surface area contributed by atoms with Gasteiger partial charge in [0.2, 0.25) is 0 Å². The molecule has 2 atom stereocenters. The number of fused-ring (bicyclic) bond motifs is 1. The van der Waals surface area contributed by atoms with Gasteiger partial charge in [0, 0.05) is 42.0 Å². The van der Waals surface area contributed by atoms with E-state index in [0.717, 1.165) is 35.3 Å². The van der Waals surface area contributed by atoms with Crippen LogP contribution in [0.25, 0.3) is 16.8 Å². The maximum absolute atomic E-state index is 12.2. The number of carbonyl (C=O) groups is 1. The maximum atomic E-state index is 12.2. The molecule has 0 spiro atoms. The Bertz CT molecular complexity index is 1080. The van der Waals surface area contributed by atoms with Crippen LogP contribution in [0.3, 0.4) is 0 Å². The van der Waals surface area contributed by atoms with Crippen LogP contribution in [0.4, 0.5) is 5.69 Å². The van der Waals surface area contributed by atoms with Crippen LogP contribution in [0.1, 0.15) is 44.0 Å². The van der Waals surface area contributed by atoms with Gasteiger partial charge in [-0.3, -0.25) is 9.48 Å². The first-order chi connectivity index (χ1) is 13.7. The molecule has 4 rings (SSSR count). The highest BCUT2D eigenvalue weighted by molar-refractivity contribution is 6.02. The van der Waals surface area contributed by atoms with Gasteiger partial charge in [0.1, 0.15) is 0 Å². The smallest absolute Gasteiger partial charge is 0.252 e. The highest BCUT2D eigenvalue weighted by Crippen LogP contribution is 2.47. The average Bonchev–Trinajstić information content (AvgIpc) is 3.34. The normalized spacial score (nSPS) is 23.6. The quantitative estimate of drug-likeness (QED) is 0.616. The molecule has 1 unspecified atom stereocenters. The number of nitrogens with one attached hydrogen (secondary N) is 2. The van der Waals surface area contributed by atoms with E-state index in [-0.39, 0.29) is 17.0 Å². The van der Waals surface area contributed by atoms with Crippen LogP contribution < -0.4 is 16.4 Å². The van der Waals surface area contributed by atoms with E-state index in [1.165, 1.54) is 0 Å². The molecule has 1 aliphatic rings. The lowest BCUT2D eigenvalue weighted by Crippen LogP contribution is -2.53. The first-order valence-corrected chi connectivity index (χ1v) is 9.93. The van der Waals surface area contributed by atoms with Crippen LogP contribution in [-0.4, -0.2) is 43.9 Å². The third-order valence-electron chi connectivity index (χ3n) is 7.12. The number of aromatic nitrogens is 4. The number of anilines is 1. The van der Waals surface area contributed by atoms with Crippen molar-refractivity contribution in [2.75, 3.05) is 12.4 Å². The fraction of sp³-hybridized carbons (Fsp3) is 0.476. The monoisotopic (exact) mass is 395 g/mol. The molecular weight excluding hydrogens is 366 g/mol. The van der Waals surface area contributed by atoms with Gasteiger partial charge in [-0.15, -0.1) is 0 Å². The molecule has 8 nitrogen and oxygen atoms in total. The third-order valence-corrected chi connectivity index (χ3v) is 7.12. The standard InChI is InChI=1S/C21H29N7O/c1-20(2)17(6-8-21(20,3)23-4)26-18-14(19(22)29)11-25-28-12-13(10-16(18)28)15-7-9-24-27(15)5/h7,9-12,17,23,26H,6,8H2,1-5H3,(H2,22,29)/t17-,21?/m1/s1. The minimum absolute atomic E-state index is 0.00271. The number of nitrogens with two attached hydrogens (primary N) is 1. The number of carbonyl (C=O) groups excluding carboxylic acids is 1. The lowest BCUT2D eigenvalue weighted by Gasteiger charge is -2.42. The molecule has 8 heteroatoms. The summed E-state index contributed by atoms with van der Waals surface area (Å²) in [5.41, 5.74) is 9.59. The van der Waals surface area contributed by atoms with Gasteiger partial charge in [0.05, 0.1) is 28.7 Å². The Balaban J connectivity index is 1.82. The summed E-state index contributed by atoms with van der Waals surface area (Å²) in [4.78, 5) is 12.2. The molecule has 1 aliphatic carbocycles. The summed E-state index contributed by atoms with van der Waals surface area (Å²) in [5, 5.41) is 15.8. The van der Waals surface area contributed by atoms with Crippen LogP contribution in [-0.2, 0) is 7.05 Å². The van der Waals surface area contributed by atoms with Crippen molar-refractivity contribution in [2.24, 2.45) is 18.2 Å². The van der Waals surface area contributed by atoms with E-state index in [1.54, 1.807) is 16.9 Å². The van der Waals surface area contributed by atoms with Crippen molar-refractivity contribution in [1.82, 2.24) is 24.7 Å². The second-order valence-electron chi connectivity index (χ2n) is 8.74.